The fraction of sp³-hybridized carbons (Fsp3) is 0.900. The summed E-state index contributed by atoms with van der Waals surface area (Å²) in [7, 11) is 0. The molecule has 14 heavy (non-hydrogen) atoms. The molecule has 0 aromatic carbocycles. The topological polar surface area (TPSA) is 46.3 Å². The first-order chi connectivity index (χ1) is 6.68. The monoisotopic (exact) mass is 214 g/mol. The summed E-state index contributed by atoms with van der Waals surface area (Å²) >= 11 is 4.36. The smallest absolute Gasteiger partial charge is 0.224 e. The van der Waals surface area contributed by atoms with Gasteiger partial charge in [0.25, 0.3) is 0 Å². The zero-order valence-corrected chi connectivity index (χ0v) is 9.25. The Morgan fingerprint density at radius 3 is 2.64 bits per heavy atom. The van der Waals surface area contributed by atoms with Crippen LogP contribution in [0.2, 0.25) is 0 Å². The number of likely N-dealkylation sites (tertiary alicyclic amines) is 1. The van der Waals surface area contributed by atoms with Crippen molar-refractivity contribution >= 4 is 18.5 Å². The molecule has 1 aliphatic carbocycles. The van der Waals surface area contributed by atoms with Crippen molar-refractivity contribution in [3.05, 3.63) is 0 Å². The number of hydrogen-bond donors (Lipinski definition) is 2. The van der Waals surface area contributed by atoms with Gasteiger partial charge in [0.2, 0.25) is 5.91 Å². The highest BCUT2D eigenvalue weighted by atomic mass is 32.1. The summed E-state index contributed by atoms with van der Waals surface area (Å²) in [5.74, 6) is 0.243. The minimum absolute atomic E-state index is 0.186. The van der Waals surface area contributed by atoms with Gasteiger partial charge in [-0.3, -0.25) is 4.79 Å². The maximum Gasteiger partial charge on any atom is 0.224 e. The zero-order valence-electron chi connectivity index (χ0n) is 8.35. The Bertz CT molecular complexity index is 234. The van der Waals surface area contributed by atoms with Crippen molar-refractivity contribution in [2.75, 3.05) is 6.54 Å². The number of carbonyl (C=O) groups excluding carboxylic acids is 1. The summed E-state index contributed by atoms with van der Waals surface area (Å²) in [4.78, 5) is 13.6. The first-order valence-corrected chi connectivity index (χ1v) is 5.93. The molecule has 1 saturated heterocycles. The Labute approximate surface area is 90.4 Å². The van der Waals surface area contributed by atoms with Crippen molar-refractivity contribution in [3.63, 3.8) is 0 Å². The highest BCUT2D eigenvalue weighted by Gasteiger charge is 2.36. The van der Waals surface area contributed by atoms with E-state index in [2.05, 4.69) is 12.6 Å². The maximum atomic E-state index is 11.7. The maximum absolute atomic E-state index is 11.7. The zero-order chi connectivity index (χ0) is 10.1. The van der Waals surface area contributed by atoms with E-state index in [1.54, 1.807) is 0 Å². The van der Waals surface area contributed by atoms with E-state index < -0.39 is 0 Å². The molecule has 4 heteroatoms. The predicted molar refractivity (Wildman–Crippen MR) is 59.3 cm³/mol. The van der Waals surface area contributed by atoms with E-state index in [0.29, 0.717) is 6.42 Å². The van der Waals surface area contributed by atoms with Crippen LogP contribution in [-0.2, 0) is 4.79 Å². The molecule has 80 valence electrons. The Morgan fingerprint density at radius 2 is 2.07 bits per heavy atom. The molecule has 2 aliphatic rings. The van der Waals surface area contributed by atoms with Gasteiger partial charge in [0.05, 0.1) is 0 Å². The van der Waals surface area contributed by atoms with Gasteiger partial charge in [-0.15, -0.1) is 0 Å². The molecule has 3 unspecified atom stereocenters. The first kappa shape index (κ1) is 10.3. The summed E-state index contributed by atoms with van der Waals surface area (Å²) in [5.41, 5.74) is 6.05. The summed E-state index contributed by atoms with van der Waals surface area (Å²) in [6.07, 6.45) is 5.15. The van der Waals surface area contributed by atoms with Crippen LogP contribution in [-0.4, -0.2) is 34.7 Å². The SMILES string of the molecule is NC1CCCCC1N1CC(S)CC1=O. The number of nitrogens with two attached hydrogens (primary N) is 1. The van der Waals surface area contributed by atoms with Crippen LogP contribution in [0.1, 0.15) is 32.1 Å². The van der Waals surface area contributed by atoms with E-state index in [-0.39, 0.29) is 23.2 Å². The van der Waals surface area contributed by atoms with Crippen molar-refractivity contribution < 1.29 is 4.79 Å². The lowest BCUT2D eigenvalue weighted by Crippen LogP contribution is -2.50. The first-order valence-electron chi connectivity index (χ1n) is 5.41. The number of hydrogen-bond acceptors (Lipinski definition) is 3. The minimum atomic E-state index is 0.186. The molecule has 0 aromatic rings. The Kier molecular flexibility index (Phi) is 3.02. The quantitative estimate of drug-likeness (QED) is 0.634. The molecule has 0 radical (unpaired) electrons. The molecular formula is C10H18N2OS. The van der Waals surface area contributed by atoms with Gasteiger partial charge in [-0.05, 0) is 12.8 Å². The van der Waals surface area contributed by atoms with Gasteiger partial charge < -0.3 is 10.6 Å². The van der Waals surface area contributed by atoms with Gasteiger partial charge in [0, 0.05) is 30.3 Å². The van der Waals surface area contributed by atoms with Gasteiger partial charge >= 0.3 is 0 Å². The summed E-state index contributed by atoms with van der Waals surface area (Å²) < 4.78 is 0. The van der Waals surface area contributed by atoms with Crippen LogP contribution in [0, 0.1) is 0 Å². The van der Waals surface area contributed by atoms with Crippen molar-refractivity contribution in [3.8, 4) is 0 Å². The Balaban J connectivity index is 2.02. The third-order valence-corrected chi connectivity index (χ3v) is 3.67. The summed E-state index contributed by atoms with van der Waals surface area (Å²) in [6.45, 7) is 0.792. The Hall–Kier alpha value is -0.220. The van der Waals surface area contributed by atoms with Crippen LogP contribution in [0.3, 0.4) is 0 Å². The van der Waals surface area contributed by atoms with Crippen LogP contribution in [0.15, 0.2) is 0 Å². The van der Waals surface area contributed by atoms with Crippen LogP contribution in [0.5, 0.6) is 0 Å². The lowest BCUT2D eigenvalue weighted by atomic mass is 9.90. The molecule has 3 nitrogen and oxygen atoms in total. The lowest BCUT2D eigenvalue weighted by Gasteiger charge is -2.36. The van der Waals surface area contributed by atoms with Gasteiger partial charge in [0.1, 0.15) is 0 Å². The molecule has 2 fully saturated rings. The van der Waals surface area contributed by atoms with Crippen molar-refractivity contribution in [2.45, 2.75) is 49.4 Å². The van der Waals surface area contributed by atoms with E-state index >= 15 is 0 Å². The normalized spacial score (nSPS) is 39.1. The number of nitrogens with zero attached hydrogens (tertiary/aromatic N) is 1. The third-order valence-electron chi connectivity index (χ3n) is 3.32. The average molecular weight is 214 g/mol. The van der Waals surface area contributed by atoms with Crippen LogP contribution < -0.4 is 5.73 Å². The molecule has 0 spiro atoms. The van der Waals surface area contributed by atoms with Gasteiger partial charge in [0.15, 0.2) is 0 Å². The van der Waals surface area contributed by atoms with Crippen molar-refractivity contribution in [1.82, 2.24) is 4.90 Å². The van der Waals surface area contributed by atoms with Crippen LogP contribution in [0.4, 0.5) is 0 Å². The molecule has 0 bridgehead atoms. The predicted octanol–water partition coefficient (Wildman–Crippen LogP) is 0.787. The molecule has 0 aromatic heterocycles. The molecular weight excluding hydrogens is 196 g/mol. The largest absolute Gasteiger partial charge is 0.337 e. The van der Waals surface area contributed by atoms with Gasteiger partial charge in [-0.1, -0.05) is 12.8 Å². The highest BCUT2D eigenvalue weighted by molar-refractivity contribution is 7.81. The molecule has 2 rings (SSSR count). The van der Waals surface area contributed by atoms with E-state index in [9.17, 15) is 4.79 Å². The second-order valence-electron chi connectivity index (χ2n) is 4.42. The molecule has 1 saturated carbocycles. The lowest BCUT2D eigenvalue weighted by molar-refractivity contribution is -0.130. The summed E-state index contributed by atoms with van der Waals surface area (Å²) in [5, 5.41) is 0.219. The van der Waals surface area contributed by atoms with E-state index in [0.717, 1.165) is 19.4 Å². The highest BCUT2D eigenvalue weighted by Crippen LogP contribution is 2.27. The van der Waals surface area contributed by atoms with Gasteiger partial charge in [-0.2, -0.15) is 12.6 Å². The number of carbonyl (C=O) groups is 1. The molecule has 1 aliphatic heterocycles. The number of amides is 1. The second-order valence-corrected chi connectivity index (χ2v) is 5.15. The number of rotatable bonds is 1. The summed E-state index contributed by atoms with van der Waals surface area (Å²) in [6, 6.07) is 0.472. The van der Waals surface area contributed by atoms with Crippen LogP contribution in [0.25, 0.3) is 0 Å². The average Bonchev–Trinajstić information content (AvgIpc) is 2.46. The molecule has 3 atom stereocenters. The van der Waals surface area contributed by atoms with Crippen molar-refractivity contribution in [1.29, 1.82) is 0 Å². The van der Waals surface area contributed by atoms with Crippen LogP contribution >= 0.6 is 12.6 Å². The van der Waals surface area contributed by atoms with Gasteiger partial charge in [-0.25, -0.2) is 0 Å². The van der Waals surface area contributed by atoms with E-state index in [1.807, 2.05) is 4.90 Å². The molecule has 2 N–H and O–H groups in total. The second kappa shape index (κ2) is 4.11. The molecule has 1 amide bonds. The minimum Gasteiger partial charge on any atom is -0.337 e. The van der Waals surface area contributed by atoms with E-state index in [4.69, 9.17) is 5.73 Å². The number of thiol groups is 1. The fourth-order valence-corrected chi connectivity index (χ4v) is 2.89. The molecule has 1 heterocycles. The third kappa shape index (κ3) is 1.91. The fourth-order valence-electron chi connectivity index (χ4n) is 2.56. The standard InChI is InChI=1S/C10H18N2OS/c11-8-3-1-2-4-9(8)12-6-7(14)5-10(12)13/h7-9,14H,1-6,11H2. The van der Waals surface area contributed by atoms with E-state index in [1.165, 1.54) is 12.8 Å². The van der Waals surface area contributed by atoms with Crippen molar-refractivity contribution in [2.24, 2.45) is 5.73 Å². The Morgan fingerprint density at radius 1 is 1.36 bits per heavy atom.